The number of aryl methyl sites for hydroxylation is 1. The number of aromatic nitrogens is 12. The lowest BCUT2D eigenvalue weighted by Gasteiger charge is -2.25. The molecule has 0 aliphatic carbocycles. The summed E-state index contributed by atoms with van der Waals surface area (Å²) in [5, 5.41) is 43.2. The largest absolute Gasteiger partial charge is 0.488 e. The van der Waals surface area contributed by atoms with Crippen LogP contribution in [-0.2, 0) is 66.4 Å². The molecule has 7 unspecified atom stereocenters. The molecule has 3 aliphatic heterocycles. The van der Waals surface area contributed by atoms with Crippen LogP contribution in [0.3, 0.4) is 0 Å². The van der Waals surface area contributed by atoms with Crippen molar-refractivity contribution in [3.63, 3.8) is 0 Å². The van der Waals surface area contributed by atoms with E-state index >= 15 is 0 Å². The van der Waals surface area contributed by atoms with E-state index in [1.165, 1.54) is 22.5 Å². The number of nitrogen functional groups attached to an aromatic ring is 3. The summed E-state index contributed by atoms with van der Waals surface area (Å²) in [5.41, 5.74) is 15.5. The molecule has 0 saturated carbocycles. The van der Waals surface area contributed by atoms with E-state index in [-0.39, 0.29) is 57.0 Å². The maximum absolute atomic E-state index is 13.7. The summed E-state index contributed by atoms with van der Waals surface area (Å²) in [6, 6.07) is 0. The third-order valence-electron chi connectivity index (χ3n) is 11.6. The van der Waals surface area contributed by atoms with E-state index in [4.69, 9.17) is 49.7 Å². The van der Waals surface area contributed by atoms with Gasteiger partial charge in [0.25, 0.3) is 17.1 Å². The minimum Gasteiger partial charge on any atom is -0.387 e. The lowest BCUT2D eigenvalue weighted by Crippen LogP contribution is -2.46. The molecule has 0 amide bonds. The van der Waals surface area contributed by atoms with Crippen LogP contribution in [0.25, 0.3) is 33.5 Å². The second-order valence-electron chi connectivity index (χ2n) is 16.5. The quantitative estimate of drug-likeness (QED) is 0.0287. The number of nitrogens with zero attached hydrogens (tertiary/aromatic N) is 10. The standard InChI is InChI=1S/C33H43N15O23P4/c1-45-10-48(26-16(45)28(54)44-33(36)42-26)30-20(52)18(50)13(68-30)6-65-74(59,60)71-75(61,62)70-72(55,56)4-3-11-21(22(63-2)31(66-11)46-8-39-14-23(34)37-7-38-24(14)46)69-73(57,58)64-5-12-17(49)19(51)29(67-12)47-9-40-15-25(47)41-32(35)43-27(15)53/h3-4,7-13,17-22,29-31,49-52H,5-6H2,1-2H3,(H11-,34,35,36,37,38,41,42,43,44,53,54,55,56,57,58,59,60,61,62)/p+1/b4-3+/t11-,12-,13-,17+,18?,19?,20+,21?,22+,29-,30-,31-/m1/s1. The number of phosphoric ester groups is 2. The fraction of sp³-hybridized carbons (Fsp3) is 0.485. The maximum Gasteiger partial charge on any atom is 0.488 e. The van der Waals surface area contributed by atoms with Crippen molar-refractivity contribution in [2.45, 2.75) is 73.6 Å². The topological polar surface area (TPSA) is 553 Å². The molecule has 0 bridgehead atoms. The zero-order valence-corrected chi connectivity index (χ0v) is 41.6. The first-order valence-corrected chi connectivity index (χ1v) is 27.3. The van der Waals surface area contributed by atoms with Crippen LogP contribution in [0, 0.1) is 0 Å². The molecule has 0 radical (unpaired) electrons. The normalized spacial score (nSPS) is 30.6. The molecule has 75 heavy (non-hydrogen) atoms. The van der Waals surface area contributed by atoms with Crippen molar-refractivity contribution in [1.29, 1.82) is 0 Å². The van der Waals surface area contributed by atoms with Gasteiger partial charge in [0.1, 0.15) is 66.8 Å². The highest BCUT2D eigenvalue weighted by Crippen LogP contribution is 2.68. The Balaban J connectivity index is 0.883. The molecule has 42 heteroatoms. The Labute approximate surface area is 415 Å². The molecular weight excluding hydrogens is 1100 g/mol. The van der Waals surface area contributed by atoms with Gasteiger partial charge in [0.05, 0.1) is 32.9 Å². The fourth-order valence-electron chi connectivity index (χ4n) is 8.31. The number of phosphoric acid groups is 3. The third kappa shape index (κ3) is 10.8. The number of aliphatic hydroxyl groups excluding tert-OH is 4. The number of fused-ring (bicyclic) bond motifs is 3. The number of nitrogens with two attached hydrogens (primary N) is 3. The summed E-state index contributed by atoms with van der Waals surface area (Å²) in [7, 11) is -20.5. The fourth-order valence-corrected chi connectivity index (χ4v) is 13.0. The molecule has 3 saturated heterocycles. The van der Waals surface area contributed by atoms with Crippen molar-refractivity contribution in [3.05, 3.63) is 57.9 Å². The van der Waals surface area contributed by atoms with E-state index in [9.17, 15) is 67.8 Å². The number of hydrogen-bond donors (Lipinski definition) is 13. The van der Waals surface area contributed by atoms with Crippen LogP contribution in [0.1, 0.15) is 18.7 Å². The molecule has 16 atom stereocenters. The smallest absolute Gasteiger partial charge is 0.387 e. The van der Waals surface area contributed by atoms with Crippen LogP contribution in [0.15, 0.2) is 46.8 Å². The second kappa shape index (κ2) is 20.2. The summed E-state index contributed by atoms with van der Waals surface area (Å²) < 4.78 is 104. The van der Waals surface area contributed by atoms with E-state index in [1.807, 2.05) is 0 Å². The highest BCUT2D eigenvalue weighted by atomic mass is 31.3. The van der Waals surface area contributed by atoms with Gasteiger partial charge >= 0.3 is 36.7 Å². The van der Waals surface area contributed by atoms with Crippen LogP contribution in [0.2, 0.25) is 0 Å². The zero-order valence-electron chi connectivity index (χ0n) is 38.0. The molecule has 3 aliphatic rings. The SMILES string of the molecule is CO[C@H]1C(OP(=O)(O)OC[C@H]2O[C@@H](n3cnc4c(=O)[nH]c(N)nc43)C(O)[C@H]2O)[C@@H](/C=C/P(=O)(O)OP(=O)(O)OP(=O)(O)OC[C@H]2O[C@@H]([n+]3cn(C)c4c(=O)[nH]c(N)nc43)[C@@H](O)C2O)O[C@H]1n1cnc2c(N)ncnc21. The summed E-state index contributed by atoms with van der Waals surface area (Å²) in [6.45, 7) is -2.10. The first-order valence-electron chi connectivity index (χ1n) is 21.2. The highest BCUT2D eigenvalue weighted by molar-refractivity contribution is 7.69. The van der Waals surface area contributed by atoms with E-state index in [0.717, 1.165) is 35.2 Å². The minimum absolute atomic E-state index is 0.0187. The Morgan fingerprint density at radius 1 is 0.733 bits per heavy atom. The predicted octanol–water partition coefficient (Wildman–Crippen LogP) is -4.13. The van der Waals surface area contributed by atoms with Crippen molar-refractivity contribution in [2.75, 3.05) is 37.5 Å². The van der Waals surface area contributed by atoms with Gasteiger partial charge < -0.3 is 76.1 Å². The van der Waals surface area contributed by atoms with Crippen LogP contribution < -0.4 is 32.9 Å². The van der Waals surface area contributed by atoms with E-state index < -0.39 is 129 Å². The zero-order chi connectivity index (χ0) is 54.3. The maximum atomic E-state index is 13.7. The number of methoxy groups -OCH3 is 1. The van der Waals surface area contributed by atoms with Gasteiger partial charge in [-0.1, -0.05) is 4.98 Å². The predicted molar refractivity (Wildman–Crippen MR) is 242 cm³/mol. The lowest BCUT2D eigenvalue weighted by atomic mass is 10.1. The van der Waals surface area contributed by atoms with Crippen LogP contribution in [-0.4, -0.2) is 169 Å². The van der Waals surface area contributed by atoms with Gasteiger partial charge in [-0.05, 0) is 6.08 Å². The number of aromatic amines is 2. The van der Waals surface area contributed by atoms with Crippen molar-refractivity contribution in [3.8, 4) is 0 Å². The number of ether oxygens (including phenoxy) is 4. The molecule has 9 heterocycles. The van der Waals surface area contributed by atoms with Crippen molar-refractivity contribution < 1.29 is 104 Å². The molecule has 0 spiro atoms. The Morgan fingerprint density at radius 2 is 1.36 bits per heavy atom. The first-order chi connectivity index (χ1) is 35.2. The molecule has 38 nitrogen and oxygen atoms in total. The van der Waals surface area contributed by atoms with Crippen LogP contribution in [0.4, 0.5) is 17.7 Å². The molecule has 6 aromatic rings. The summed E-state index contributed by atoms with van der Waals surface area (Å²) in [5.74, 6) is -0.488. The number of rotatable bonds is 18. The van der Waals surface area contributed by atoms with Gasteiger partial charge in [0.15, 0.2) is 41.4 Å². The summed E-state index contributed by atoms with van der Waals surface area (Å²) >= 11 is 0. The van der Waals surface area contributed by atoms with Gasteiger partial charge in [-0.15, -0.1) is 0 Å². The molecule has 6 aromatic heterocycles. The lowest BCUT2D eigenvalue weighted by molar-refractivity contribution is -0.745. The minimum atomic E-state index is -6.13. The second-order valence-corrected chi connectivity index (χ2v) is 22.8. The molecule has 408 valence electrons. The van der Waals surface area contributed by atoms with E-state index in [1.54, 1.807) is 0 Å². The number of aliphatic hydroxyl groups is 4. The number of hydrogen-bond acceptors (Lipinski definition) is 28. The Bertz CT molecular complexity index is 3520. The Kier molecular flexibility index (Phi) is 14.7. The van der Waals surface area contributed by atoms with Crippen LogP contribution in [0.5, 0.6) is 0 Å². The van der Waals surface area contributed by atoms with Crippen molar-refractivity contribution in [1.82, 2.24) is 53.6 Å². The highest BCUT2D eigenvalue weighted by Gasteiger charge is 2.52. The number of nitrogens with one attached hydrogen (secondary N) is 2. The number of imidazole rings is 3. The molecule has 16 N–H and O–H groups in total. The average molecular weight is 1140 g/mol. The van der Waals surface area contributed by atoms with Gasteiger partial charge in [-0.2, -0.15) is 9.29 Å². The number of H-pyrrole nitrogens is 2. The number of anilines is 3. The molecule has 0 aromatic carbocycles. The van der Waals surface area contributed by atoms with Crippen LogP contribution >= 0.6 is 31.1 Å². The van der Waals surface area contributed by atoms with Crippen molar-refractivity contribution >= 4 is 82.3 Å². The van der Waals surface area contributed by atoms with Gasteiger partial charge in [0, 0.05) is 12.9 Å². The Morgan fingerprint density at radius 3 is 2.07 bits per heavy atom. The molecular formula is C33H44N15O23P4+. The molecule has 9 rings (SSSR count). The van der Waals surface area contributed by atoms with Crippen molar-refractivity contribution in [2.24, 2.45) is 7.05 Å². The van der Waals surface area contributed by atoms with E-state index in [0.29, 0.717) is 6.08 Å². The Hall–Kier alpha value is -5.37. The summed E-state index contributed by atoms with van der Waals surface area (Å²) in [6.07, 6.45) is -14.9. The van der Waals surface area contributed by atoms with E-state index in [2.05, 4.69) is 48.5 Å². The summed E-state index contributed by atoms with van der Waals surface area (Å²) in [4.78, 5) is 95.9. The van der Waals surface area contributed by atoms with Gasteiger partial charge in [0.2, 0.25) is 17.7 Å². The van der Waals surface area contributed by atoms with Gasteiger partial charge in [-0.3, -0.25) is 51.4 Å². The monoisotopic (exact) mass is 1140 g/mol. The molecule has 3 fully saturated rings. The third-order valence-corrected chi connectivity index (χ3v) is 17.0. The first kappa shape index (κ1) is 54.4. The van der Waals surface area contributed by atoms with Gasteiger partial charge in [-0.25, -0.2) is 42.5 Å². The average Bonchev–Trinajstić information content (AvgIpc) is 4.17.